The highest BCUT2D eigenvalue weighted by Crippen LogP contribution is 2.32. The summed E-state index contributed by atoms with van der Waals surface area (Å²) >= 11 is 0. The Labute approximate surface area is 78.7 Å². The van der Waals surface area contributed by atoms with Crippen molar-refractivity contribution in [1.82, 2.24) is 4.98 Å². The Morgan fingerprint density at radius 2 is 2.29 bits per heavy atom. The molecular formula is C8H8F2N2O2. The third-order valence-electron chi connectivity index (χ3n) is 1.71. The summed E-state index contributed by atoms with van der Waals surface area (Å²) in [6.07, 6.45) is -1.52. The molecule has 0 unspecified atom stereocenters. The number of nitrogens with two attached hydrogens (primary N) is 1. The van der Waals surface area contributed by atoms with E-state index in [0.717, 1.165) is 6.20 Å². The summed E-state index contributed by atoms with van der Waals surface area (Å²) < 4.78 is 29.7. The van der Waals surface area contributed by atoms with Crippen molar-refractivity contribution in [3.63, 3.8) is 0 Å². The van der Waals surface area contributed by atoms with Gasteiger partial charge in [0.15, 0.2) is 6.29 Å². The highest BCUT2D eigenvalue weighted by molar-refractivity contribution is 5.85. The van der Waals surface area contributed by atoms with Crippen molar-refractivity contribution < 1.29 is 18.3 Å². The Hall–Kier alpha value is -1.72. The quantitative estimate of drug-likeness (QED) is 0.753. The SMILES string of the molecule is COc1cnc(N)c(C=O)c1C(F)F. The van der Waals surface area contributed by atoms with Gasteiger partial charge >= 0.3 is 0 Å². The Kier molecular flexibility index (Phi) is 2.95. The van der Waals surface area contributed by atoms with Crippen molar-refractivity contribution >= 4 is 12.1 Å². The number of carbonyl (C=O) groups is 1. The summed E-state index contributed by atoms with van der Waals surface area (Å²) in [5.41, 5.74) is 4.42. The fraction of sp³-hybridized carbons (Fsp3) is 0.250. The number of nitrogens with zero attached hydrogens (tertiary/aromatic N) is 1. The monoisotopic (exact) mass is 202 g/mol. The van der Waals surface area contributed by atoms with Crippen LogP contribution in [-0.2, 0) is 0 Å². The van der Waals surface area contributed by atoms with Crippen molar-refractivity contribution in [3.05, 3.63) is 17.3 Å². The Bertz CT molecular complexity index is 355. The molecule has 76 valence electrons. The summed E-state index contributed by atoms with van der Waals surface area (Å²) in [4.78, 5) is 14.1. The fourth-order valence-corrected chi connectivity index (χ4v) is 1.05. The number of hydrogen-bond donors (Lipinski definition) is 1. The second kappa shape index (κ2) is 3.99. The molecule has 0 fully saturated rings. The predicted octanol–water partition coefficient (Wildman–Crippen LogP) is 1.42. The van der Waals surface area contributed by atoms with E-state index in [1.165, 1.54) is 7.11 Å². The van der Waals surface area contributed by atoms with Crippen LogP contribution in [0.2, 0.25) is 0 Å². The molecule has 0 bridgehead atoms. The lowest BCUT2D eigenvalue weighted by Gasteiger charge is -2.10. The van der Waals surface area contributed by atoms with Gasteiger partial charge in [0.2, 0.25) is 0 Å². The highest BCUT2D eigenvalue weighted by atomic mass is 19.3. The lowest BCUT2D eigenvalue weighted by Crippen LogP contribution is -2.04. The lowest BCUT2D eigenvalue weighted by molar-refractivity contribution is 0.110. The first-order valence-corrected chi connectivity index (χ1v) is 3.67. The normalized spacial score (nSPS) is 10.3. The highest BCUT2D eigenvalue weighted by Gasteiger charge is 2.21. The molecule has 0 aromatic carbocycles. The second-order valence-electron chi connectivity index (χ2n) is 2.46. The first kappa shape index (κ1) is 10.4. The maximum Gasteiger partial charge on any atom is 0.268 e. The molecule has 1 aromatic rings. The number of aldehydes is 1. The van der Waals surface area contributed by atoms with Gasteiger partial charge in [-0.2, -0.15) is 0 Å². The summed E-state index contributed by atoms with van der Waals surface area (Å²) in [6.45, 7) is 0. The zero-order valence-corrected chi connectivity index (χ0v) is 7.33. The molecule has 14 heavy (non-hydrogen) atoms. The van der Waals surface area contributed by atoms with Crippen molar-refractivity contribution in [3.8, 4) is 5.75 Å². The second-order valence-corrected chi connectivity index (χ2v) is 2.46. The number of anilines is 1. The molecule has 0 aliphatic heterocycles. The number of hydrogen-bond acceptors (Lipinski definition) is 4. The van der Waals surface area contributed by atoms with E-state index in [-0.39, 0.29) is 23.4 Å². The van der Waals surface area contributed by atoms with Gasteiger partial charge < -0.3 is 10.5 Å². The zero-order valence-electron chi connectivity index (χ0n) is 7.33. The molecule has 0 radical (unpaired) electrons. The van der Waals surface area contributed by atoms with Gasteiger partial charge in [-0.25, -0.2) is 13.8 Å². The molecule has 1 heterocycles. The molecule has 0 aliphatic carbocycles. The average molecular weight is 202 g/mol. The number of ether oxygens (including phenoxy) is 1. The third-order valence-corrected chi connectivity index (χ3v) is 1.71. The van der Waals surface area contributed by atoms with Crippen LogP contribution in [0.15, 0.2) is 6.20 Å². The molecule has 6 heteroatoms. The number of aromatic nitrogens is 1. The minimum Gasteiger partial charge on any atom is -0.495 e. The van der Waals surface area contributed by atoms with Gasteiger partial charge in [-0.1, -0.05) is 0 Å². The maximum atomic E-state index is 12.5. The molecule has 0 amide bonds. The van der Waals surface area contributed by atoms with Crippen LogP contribution in [-0.4, -0.2) is 18.4 Å². The van der Waals surface area contributed by atoms with Crippen molar-refractivity contribution in [2.45, 2.75) is 6.43 Å². The van der Waals surface area contributed by atoms with Crippen LogP contribution < -0.4 is 10.5 Å². The summed E-state index contributed by atoms with van der Waals surface area (Å²) in [7, 11) is 1.22. The molecule has 4 nitrogen and oxygen atoms in total. The van der Waals surface area contributed by atoms with Gasteiger partial charge in [-0.3, -0.25) is 4.79 Å². The fourth-order valence-electron chi connectivity index (χ4n) is 1.05. The van der Waals surface area contributed by atoms with Crippen LogP contribution in [0.4, 0.5) is 14.6 Å². The largest absolute Gasteiger partial charge is 0.495 e. The van der Waals surface area contributed by atoms with E-state index in [1.807, 2.05) is 0 Å². The summed E-state index contributed by atoms with van der Waals surface area (Å²) in [5.74, 6) is -0.368. The topological polar surface area (TPSA) is 65.2 Å². The molecule has 2 N–H and O–H groups in total. The Morgan fingerprint density at radius 3 is 2.71 bits per heavy atom. The predicted molar refractivity (Wildman–Crippen MR) is 45.5 cm³/mol. The molecule has 1 aromatic heterocycles. The van der Waals surface area contributed by atoms with Crippen LogP contribution in [0.25, 0.3) is 0 Å². The average Bonchev–Trinajstić information content (AvgIpc) is 2.17. The number of rotatable bonds is 3. The van der Waals surface area contributed by atoms with Crippen molar-refractivity contribution in [2.24, 2.45) is 0 Å². The third kappa shape index (κ3) is 1.63. The number of pyridine rings is 1. The first-order chi connectivity index (χ1) is 6.61. The molecule has 0 atom stereocenters. The van der Waals surface area contributed by atoms with Gasteiger partial charge in [-0.15, -0.1) is 0 Å². The van der Waals surface area contributed by atoms with Crippen LogP contribution >= 0.6 is 0 Å². The Morgan fingerprint density at radius 1 is 1.64 bits per heavy atom. The minimum absolute atomic E-state index is 0.142. The summed E-state index contributed by atoms with van der Waals surface area (Å²) in [6, 6.07) is 0. The van der Waals surface area contributed by atoms with E-state index in [1.54, 1.807) is 0 Å². The Balaban J connectivity index is 3.43. The van der Waals surface area contributed by atoms with Crippen molar-refractivity contribution in [2.75, 3.05) is 12.8 Å². The number of halogens is 2. The van der Waals surface area contributed by atoms with Crippen LogP contribution in [0.5, 0.6) is 5.75 Å². The van der Waals surface area contributed by atoms with Crippen LogP contribution in [0, 0.1) is 0 Å². The van der Waals surface area contributed by atoms with Gasteiger partial charge in [-0.05, 0) is 0 Å². The van der Waals surface area contributed by atoms with Crippen LogP contribution in [0.1, 0.15) is 22.3 Å². The van der Waals surface area contributed by atoms with Crippen LogP contribution in [0.3, 0.4) is 0 Å². The van der Waals surface area contributed by atoms with E-state index in [4.69, 9.17) is 5.73 Å². The zero-order chi connectivity index (χ0) is 10.7. The van der Waals surface area contributed by atoms with Gasteiger partial charge in [0.05, 0.1) is 24.4 Å². The van der Waals surface area contributed by atoms with E-state index in [0.29, 0.717) is 0 Å². The van der Waals surface area contributed by atoms with Gasteiger partial charge in [0, 0.05) is 0 Å². The first-order valence-electron chi connectivity index (χ1n) is 3.67. The smallest absolute Gasteiger partial charge is 0.268 e. The standard InChI is InChI=1S/C8H8F2N2O2/c1-14-5-2-12-8(11)4(3-13)6(5)7(9)10/h2-3,7H,1H3,(H2,11,12). The lowest BCUT2D eigenvalue weighted by atomic mass is 10.1. The number of nitrogen functional groups attached to an aromatic ring is 1. The molecule has 0 spiro atoms. The molecule has 0 aliphatic rings. The maximum absolute atomic E-state index is 12.5. The van der Waals surface area contributed by atoms with Crippen molar-refractivity contribution in [1.29, 1.82) is 0 Å². The van der Waals surface area contributed by atoms with E-state index < -0.39 is 12.0 Å². The van der Waals surface area contributed by atoms with Gasteiger partial charge in [0.25, 0.3) is 6.43 Å². The molecule has 1 rings (SSSR count). The number of carbonyl (C=O) groups excluding carboxylic acids is 1. The molecule has 0 saturated carbocycles. The van der Waals surface area contributed by atoms with Gasteiger partial charge in [0.1, 0.15) is 11.6 Å². The number of alkyl halides is 2. The van der Waals surface area contributed by atoms with E-state index >= 15 is 0 Å². The molecular weight excluding hydrogens is 194 g/mol. The van der Waals surface area contributed by atoms with E-state index in [2.05, 4.69) is 9.72 Å². The minimum atomic E-state index is -2.82. The summed E-state index contributed by atoms with van der Waals surface area (Å²) in [5, 5.41) is 0. The van der Waals surface area contributed by atoms with E-state index in [9.17, 15) is 13.6 Å². The number of methoxy groups -OCH3 is 1. The molecule has 0 saturated heterocycles.